The van der Waals surface area contributed by atoms with Gasteiger partial charge in [-0.2, -0.15) is 5.26 Å². The molecule has 4 nitrogen and oxygen atoms in total. The topological polar surface area (TPSA) is 75.6 Å². The molecule has 0 aliphatic heterocycles. The zero-order chi connectivity index (χ0) is 13.8. The van der Waals surface area contributed by atoms with Crippen LogP contribution in [0.5, 0.6) is 0 Å². The van der Waals surface area contributed by atoms with Gasteiger partial charge in [0.15, 0.2) is 5.16 Å². The molecule has 0 aliphatic carbocycles. The quantitative estimate of drug-likeness (QED) is 0.688. The van der Waals surface area contributed by atoms with E-state index >= 15 is 0 Å². The third-order valence-corrected chi connectivity index (χ3v) is 3.30. The third kappa shape index (κ3) is 3.42. The Balaban J connectivity index is 2.17. The Morgan fingerprint density at radius 1 is 1.37 bits per heavy atom. The number of nitrogens with two attached hydrogens (primary N) is 1. The standard InChI is InChI=1S/C13H11FN4S/c1-8-4-12(16)18-13(17-8)19-7-9-2-3-11(14)5-10(9)6-15/h2-5H,7H2,1H3,(H2,16,17,18). The van der Waals surface area contributed by atoms with Crippen molar-refractivity contribution in [1.82, 2.24) is 9.97 Å². The van der Waals surface area contributed by atoms with E-state index in [1.165, 1.54) is 23.9 Å². The van der Waals surface area contributed by atoms with Gasteiger partial charge in [-0.15, -0.1) is 0 Å². The van der Waals surface area contributed by atoms with Crippen LogP contribution in [0.15, 0.2) is 29.4 Å². The maximum Gasteiger partial charge on any atom is 0.190 e. The number of aryl methyl sites for hydroxylation is 1. The largest absolute Gasteiger partial charge is 0.384 e. The fraction of sp³-hybridized carbons (Fsp3) is 0.154. The first kappa shape index (κ1) is 13.3. The Morgan fingerprint density at radius 3 is 2.84 bits per heavy atom. The van der Waals surface area contributed by atoms with E-state index in [4.69, 9.17) is 11.0 Å². The summed E-state index contributed by atoms with van der Waals surface area (Å²) < 4.78 is 13.0. The summed E-state index contributed by atoms with van der Waals surface area (Å²) in [6.07, 6.45) is 0. The molecule has 1 aromatic heterocycles. The molecule has 1 heterocycles. The summed E-state index contributed by atoms with van der Waals surface area (Å²) in [7, 11) is 0. The summed E-state index contributed by atoms with van der Waals surface area (Å²) in [4.78, 5) is 8.33. The van der Waals surface area contributed by atoms with Gasteiger partial charge in [-0.1, -0.05) is 17.8 Å². The monoisotopic (exact) mass is 274 g/mol. The molecule has 2 aromatic rings. The Labute approximate surface area is 114 Å². The Hall–Kier alpha value is -2.13. The SMILES string of the molecule is Cc1cc(N)nc(SCc2ccc(F)cc2C#N)n1. The van der Waals surface area contributed by atoms with Crippen LogP contribution in [-0.2, 0) is 5.75 Å². The second kappa shape index (κ2) is 5.67. The van der Waals surface area contributed by atoms with E-state index in [1.54, 1.807) is 12.1 Å². The zero-order valence-corrected chi connectivity index (χ0v) is 11.0. The fourth-order valence-corrected chi connectivity index (χ4v) is 2.47. The lowest BCUT2D eigenvalue weighted by molar-refractivity contribution is 0.627. The molecule has 0 saturated carbocycles. The molecule has 0 unspecified atom stereocenters. The molecular weight excluding hydrogens is 263 g/mol. The van der Waals surface area contributed by atoms with E-state index < -0.39 is 5.82 Å². The van der Waals surface area contributed by atoms with Crippen molar-refractivity contribution in [2.45, 2.75) is 17.8 Å². The van der Waals surface area contributed by atoms with Crippen LogP contribution < -0.4 is 5.73 Å². The summed E-state index contributed by atoms with van der Waals surface area (Å²) in [6.45, 7) is 1.83. The lowest BCUT2D eigenvalue weighted by atomic mass is 10.1. The van der Waals surface area contributed by atoms with Crippen LogP contribution in [0, 0.1) is 24.1 Å². The molecule has 0 radical (unpaired) electrons. The van der Waals surface area contributed by atoms with Crippen LogP contribution in [0.4, 0.5) is 10.2 Å². The number of nitrogens with zero attached hydrogens (tertiary/aromatic N) is 3. The molecule has 6 heteroatoms. The number of benzene rings is 1. The van der Waals surface area contributed by atoms with Crippen LogP contribution in [0.25, 0.3) is 0 Å². The number of hydrogen-bond donors (Lipinski definition) is 1. The normalized spacial score (nSPS) is 10.2. The van der Waals surface area contributed by atoms with E-state index in [9.17, 15) is 4.39 Å². The van der Waals surface area contributed by atoms with Gasteiger partial charge in [-0.25, -0.2) is 14.4 Å². The number of thioether (sulfide) groups is 1. The maximum absolute atomic E-state index is 13.0. The minimum absolute atomic E-state index is 0.327. The summed E-state index contributed by atoms with van der Waals surface area (Å²) in [5, 5.41) is 9.50. The van der Waals surface area contributed by atoms with Gasteiger partial charge in [0.05, 0.1) is 11.6 Å². The molecule has 0 fully saturated rings. The predicted octanol–water partition coefficient (Wildman–Crippen LogP) is 2.67. The highest BCUT2D eigenvalue weighted by Crippen LogP contribution is 2.22. The lowest BCUT2D eigenvalue weighted by Crippen LogP contribution is -1.97. The highest BCUT2D eigenvalue weighted by atomic mass is 32.2. The Morgan fingerprint density at radius 2 is 2.16 bits per heavy atom. The molecule has 0 aliphatic rings. The van der Waals surface area contributed by atoms with Crippen LogP contribution in [0.2, 0.25) is 0 Å². The lowest BCUT2D eigenvalue weighted by Gasteiger charge is -2.04. The van der Waals surface area contributed by atoms with Crippen molar-refractivity contribution in [3.63, 3.8) is 0 Å². The Bertz CT molecular complexity index is 631. The molecule has 96 valence electrons. The average Bonchev–Trinajstić information content (AvgIpc) is 2.36. The first-order valence-electron chi connectivity index (χ1n) is 5.51. The first-order chi connectivity index (χ1) is 9.08. The summed E-state index contributed by atoms with van der Waals surface area (Å²) >= 11 is 1.36. The van der Waals surface area contributed by atoms with Crippen LogP contribution in [0.3, 0.4) is 0 Å². The van der Waals surface area contributed by atoms with Crippen molar-refractivity contribution in [2.24, 2.45) is 0 Å². The molecular formula is C13H11FN4S. The molecule has 2 N–H and O–H groups in total. The van der Waals surface area contributed by atoms with Gasteiger partial charge in [0.2, 0.25) is 0 Å². The maximum atomic E-state index is 13.0. The summed E-state index contributed by atoms with van der Waals surface area (Å²) in [5.41, 5.74) is 7.50. The van der Waals surface area contributed by atoms with E-state index in [1.807, 2.05) is 13.0 Å². The zero-order valence-electron chi connectivity index (χ0n) is 10.2. The van der Waals surface area contributed by atoms with Crippen molar-refractivity contribution in [3.05, 3.63) is 46.9 Å². The highest BCUT2D eigenvalue weighted by molar-refractivity contribution is 7.98. The fourth-order valence-electron chi connectivity index (χ4n) is 1.55. The minimum Gasteiger partial charge on any atom is -0.384 e. The number of nitriles is 1. The number of aromatic nitrogens is 2. The highest BCUT2D eigenvalue weighted by Gasteiger charge is 2.06. The number of hydrogen-bond acceptors (Lipinski definition) is 5. The van der Waals surface area contributed by atoms with Crippen molar-refractivity contribution in [3.8, 4) is 6.07 Å². The molecule has 19 heavy (non-hydrogen) atoms. The van der Waals surface area contributed by atoms with E-state index in [0.717, 1.165) is 11.3 Å². The average molecular weight is 274 g/mol. The van der Waals surface area contributed by atoms with E-state index in [-0.39, 0.29) is 0 Å². The first-order valence-corrected chi connectivity index (χ1v) is 6.49. The summed E-state index contributed by atoms with van der Waals surface area (Å²) in [5.74, 6) is 0.488. The number of nitrogen functional groups attached to an aromatic ring is 1. The molecule has 0 bridgehead atoms. The number of halogens is 1. The van der Waals surface area contributed by atoms with Crippen molar-refractivity contribution >= 4 is 17.6 Å². The van der Waals surface area contributed by atoms with Gasteiger partial charge < -0.3 is 5.73 Å². The van der Waals surface area contributed by atoms with Crippen molar-refractivity contribution in [1.29, 1.82) is 5.26 Å². The third-order valence-electron chi connectivity index (χ3n) is 2.40. The number of rotatable bonds is 3. The van der Waals surface area contributed by atoms with Gasteiger partial charge in [-0.3, -0.25) is 0 Å². The molecule has 0 amide bonds. The molecule has 0 saturated heterocycles. The predicted molar refractivity (Wildman–Crippen MR) is 71.9 cm³/mol. The molecule has 2 rings (SSSR count). The van der Waals surface area contributed by atoms with Crippen LogP contribution in [0.1, 0.15) is 16.8 Å². The van der Waals surface area contributed by atoms with Gasteiger partial charge in [0.25, 0.3) is 0 Å². The van der Waals surface area contributed by atoms with Crippen LogP contribution >= 0.6 is 11.8 Å². The van der Waals surface area contributed by atoms with Crippen molar-refractivity contribution < 1.29 is 4.39 Å². The van der Waals surface area contributed by atoms with Gasteiger partial charge in [0, 0.05) is 17.5 Å². The van der Waals surface area contributed by atoms with Crippen LogP contribution in [-0.4, -0.2) is 9.97 Å². The molecule has 1 aromatic carbocycles. The van der Waals surface area contributed by atoms with E-state index in [0.29, 0.717) is 22.3 Å². The molecule has 0 atom stereocenters. The van der Waals surface area contributed by atoms with Gasteiger partial charge in [-0.05, 0) is 24.6 Å². The molecule has 0 spiro atoms. The van der Waals surface area contributed by atoms with Crippen molar-refractivity contribution in [2.75, 3.05) is 5.73 Å². The van der Waals surface area contributed by atoms with E-state index in [2.05, 4.69) is 9.97 Å². The second-order valence-electron chi connectivity index (χ2n) is 3.92. The summed E-state index contributed by atoms with van der Waals surface area (Å²) in [6, 6.07) is 7.82. The number of anilines is 1. The Kier molecular flexibility index (Phi) is 3.97. The smallest absolute Gasteiger partial charge is 0.190 e. The van der Waals surface area contributed by atoms with Gasteiger partial charge >= 0.3 is 0 Å². The minimum atomic E-state index is -0.415. The van der Waals surface area contributed by atoms with Gasteiger partial charge in [0.1, 0.15) is 11.6 Å². The second-order valence-corrected chi connectivity index (χ2v) is 4.86.